The van der Waals surface area contributed by atoms with E-state index in [1.807, 2.05) is 32.0 Å². The van der Waals surface area contributed by atoms with Crippen molar-refractivity contribution in [3.05, 3.63) is 89.2 Å². The highest BCUT2D eigenvalue weighted by Gasteiger charge is 2.52. The van der Waals surface area contributed by atoms with Gasteiger partial charge in [-0.25, -0.2) is 14.2 Å². The van der Waals surface area contributed by atoms with Crippen molar-refractivity contribution >= 4 is 44.5 Å². The van der Waals surface area contributed by atoms with E-state index in [1.165, 1.54) is 28.5 Å². The number of hydrogen-bond acceptors (Lipinski definition) is 8. The van der Waals surface area contributed by atoms with Crippen LogP contribution in [0.15, 0.2) is 66.7 Å². The Kier molecular flexibility index (Phi) is 8.30. The van der Waals surface area contributed by atoms with Crippen LogP contribution in [0.25, 0.3) is 10.2 Å². The number of phenolic OH excluding ortho intramolecular Hbond substituents is 1. The molecule has 3 heterocycles. The van der Waals surface area contributed by atoms with Crippen molar-refractivity contribution < 1.29 is 23.9 Å². The molecule has 4 aromatic rings. The number of aromatic nitrogens is 1. The number of thiazole rings is 1. The SMILES string of the molecule is CC(C)N(C(=O)NCc1ccc(F)cc1)N1CC(=O)N2[C@@H](Cc3ccc(O)cc3)C(=O)N(Cc3cccc4sc(N)nc34)C[C@@H]21. The van der Waals surface area contributed by atoms with E-state index in [-0.39, 0.29) is 62.0 Å². The van der Waals surface area contributed by atoms with Crippen LogP contribution in [0, 0.1) is 5.82 Å². The Bertz CT molecular complexity index is 1730. The molecule has 6 rings (SSSR count). The normalized spacial score (nSPS) is 18.6. The molecule has 0 unspecified atom stereocenters. The van der Waals surface area contributed by atoms with Crippen molar-refractivity contribution in [3.8, 4) is 5.75 Å². The molecular weight excluding hydrogens is 597 g/mol. The maximum atomic E-state index is 14.2. The molecule has 1 aromatic heterocycles. The number of carbonyl (C=O) groups is 3. The van der Waals surface area contributed by atoms with Gasteiger partial charge in [0.2, 0.25) is 11.8 Å². The maximum Gasteiger partial charge on any atom is 0.332 e. The molecule has 2 aliphatic rings. The number of nitrogens with two attached hydrogens (primary N) is 1. The summed E-state index contributed by atoms with van der Waals surface area (Å²) in [4.78, 5) is 49.3. The quantitative estimate of drug-likeness (QED) is 0.270. The van der Waals surface area contributed by atoms with Crippen molar-refractivity contribution in [2.75, 3.05) is 18.8 Å². The number of rotatable bonds is 8. The number of hydrogen-bond donors (Lipinski definition) is 3. The molecule has 0 saturated carbocycles. The van der Waals surface area contributed by atoms with Gasteiger partial charge in [0.05, 0.1) is 23.3 Å². The van der Waals surface area contributed by atoms with E-state index >= 15 is 0 Å². The predicted octanol–water partition coefficient (Wildman–Crippen LogP) is 3.68. The van der Waals surface area contributed by atoms with Crippen LogP contribution < -0.4 is 11.1 Å². The van der Waals surface area contributed by atoms with Gasteiger partial charge in [-0.15, -0.1) is 0 Å². The molecule has 0 spiro atoms. The number of hydrazine groups is 1. The number of piperazine rings is 1. The summed E-state index contributed by atoms with van der Waals surface area (Å²) in [5.74, 6) is -0.737. The molecule has 2 atom stereocenters. The summed E-state index contributed by atoms with van der Waals surface area (Å²) in [7, 11) is 0. The van der Waals surface area contributed by atoms with Crippen LogP contribution in [0.4, 0.5) is 14.3 Å². The standard InChI is InChI=1S/C32H34FN7O4S/c1-19(2)40(32(44)35-15-21-6-10-23(33)11-7-21)38-18-28(42)39-25(14-20-8-12-24(41)13-9-20)30(43)37(17-27(38)39)16-22-4-3-5-26-29(22)36-31(34)45-26/h3-13,19,25,27,41H,14-18H2,1-2H3,(H2,34,36)(H,35,44)/t25-,27+/m0/s1. The largest absolute Gasteiger partial charge is 0.508 e. The minimum absolute atomic E-state index is 0.0851. The number of anilines is 1. The zero-order chi connectivity index (χ0) is 31.8. The fraction of sp³-hybridized carbons (Fsp3) is 0.312. The van der Waals surface area contributed by atoms with Gasteiger partial charge >= 0.3 is 6.03 Å². The van der Waals surface area contributed by atoms with Gasteiger partial charge < -0.3 is 26.0 Å². The van der Waals surface area contributed by atoms with Crippen molar-refractivity contribution in [2.24, 2.45) is 0 Å². The van der Waals surface area contributed by atoms with E-state index in [9.17, 15) is 23.9 Å². The van der Waals surface area contributed by atoms with Crippen LogP contribution in [-0.2, 0) is 29.1 Å². The number of nitrogen functional groups attached to an aromatic ring is 1. The summed E-state index contributed by atoms with van der Waals surface area (Å²) in [6, 6.07) is 16.6. The lowest BCUT2D eigenvalue weighted by molar-refractivity contribution is -0.158. The van der Waals surface area contributed by atoms with Gasteiger partial charge in [0.25, 0.3) is 0 Å². The fourth-order valence-corrected chi connectivity index (χ4v) is 6.87. The Morgan fingerprint density at radius 3 is 2.53 bits per heavy atom. The van der Waals surface area contributed by atoms with Gasteiger partial charge in [0.15, 0.2) is 5.13 Å². The average molecular weight is 632 g/mol. The summed E-state index contributed by atoms with van der Waals surface area (Å²) in [6.45, 7) is 4.22. The van der Waals surface area contributed by atoms with Gasteiger partial charge in [-0.05, 0) is 60.9 Å². The molecule has 13 heteroatoms. The van der Waals surface area contributed by atoms with E-state index in [1.54, 1.807) is 51.2 Å². The number of amides is 4. The van der Waals surface area contributed by atoms with Crippen LogP contribution in [0.1, 0.15) is 30.5 Å². The van der Waals surface area contributed by atoms with Gasteiger partial charge in [-0.3, -0.25) is 14.6 Å². The molecule has 11 nitrogen and oxygen atoms in total. The Hall–Kier alpha value is -4.75. The van der Waals surface area contributed by atoms with Crippen LogP contribution in [-0.4, -0.2) is 79.1 Å². The monoisotopic (exact) mass is 631 g/mol. The second kappa shape index (κ2) is 12.3. The Morgan fingerprint density at radius 2 is 1.82 bits per heavy atom. The number of fused-ring (bicyclic) bond motifs is 2. The van der Waals surface area contributed by atoms with Gasteiger partial charge in [0.1, 0.15) is 23.8 Å². The highest BCUT2D eigenvalue weighted by molar-refractivity contribution is 7.22. The second-order valence-electron chi connectivity index (χ2n) is 11.5. The van der Waals surface area contributed by atoms with E-state index in [0.29, 0.717) is 5.13 Å². The molecule has 0 radical (unpaired) electrons. The third-order valence-corrected chi connectivity index (χ3v) is 8.99. The number of carbonyl (C=O) groups excluding carboxylic acids is 3. The number of halogens is 1. The Balaban J connectivity index is 1.31. The molecule has 0 bridgehead atoms. The van der Waals surface area contributed by atoms with E-state index in [0.717, 1.165) is 26.9 Å². The molecule has 2 fully saturated rings. The summed E-state index contributed by atoms with van der Waals surface area (Å²) < 4.78 is 14.3. The number of para-hydroxylation sites is 1. The first-order valence-corrected chi connectivity index (χ1v) is 15.5. The number of nitrogens with zero attached hydrogens (tertiary/aromatic N) is 5. The fourth-order valence-electron chi connectivity index (χ4n) is 6.08. The van der Waals surface area contributed by atoms with Gasteiger partial charge in [-0.2, -0.15) is 5.01 Å². The van der Waals surface area contributed by atoms with E-state index in [4.69, 9.17) is 5.73 Å². The van der Waals surface area contributed by atoms with Gasteiger partial charge in [-0.1, -0.05) is 47.7 Å². The van der Waals surface area contributed by atoms with E-state index in [2.05, 4.69) is 10.3 Å². The minimum atomic E-state index is -0.832. The first-order chi connectivity index (χ1) is 21.6. The Labute approximate surface area is 263 Å². The third kappa shape index (κ3) is 6.13. The molecule has 3 aromatic carbocycles. The molecule has 4 N–H and O–H groups in total. The third-order valence-electron chi connectivity index (χ3n) is 8.14. The predicted molar refractivity (Wildman–Crippen MR) is 168 cm³/mol. The topological polar surface area (TPSA) is 135 Å². The summed E-state index contributed by atoms with van der Waals surface area (Å²) in [5.41, 5.74) is 9.07. The lowest BCUT2D eigenvalue weighted by atomic mass is 9.99. The highest BCUT2D eigenvalue weighted by Crippen LogP contribution is 2.33. The molecular formula is C32H34FN7O4S. The van der Waals surface area contributed by atoms with Crippen molar-refractivity contribution in [1.82, 2.24) is 30.1 Å². The number of benzene rings is 3. The Morgan fingerprint density at radius 1 is 1.11 bits per heavy atom. The molecule has 2 aliphatic heterocycles. The molecule has 4 amide bonds. The highest BCUT2D eigenvalue weighted by atomic mass is 32.1. The molecule has 2 saturated heterocycles. The maximum absolute atomic E-state index is 14.2. The van der Waals surface area contributed by atoms with Crippen LogP contribution in [0.5, 0.6) is 5.75 Å². The van der Waals surface area contributed by atoms with Crippen LogP contribution in [0.2, 0.25) is 0 Å². The minimum Gasteiger partial charge on any atom is -0.508 e. The summed E-state index contributed by atoms with van der Waals surface area (Å²) >= 11 is 1.37. The van der Waals surface area contributed by atoms with Crippen molar-refractivity contribution in [1.29, 1.82) is 0 Å². The van der Waals surface area contributed by atoms with Gasteiger partial charge in [0, 0.05) is 25.6 Å². The number of phenols is 1. The zero-order valence-corrected chi connectivity index (χ0v) is 25.7. The second-order valence-corrected chi connectivity index (χ2v) is 12.6. The zero-order valence-electron chi connectivity index (χ0n) is 24.9. The molecule has 234 valence electrons. The van der Waals surface area contributed by atoms with Crippen LogP contribution in [0.3, 0.4) is 0 Å². The van der Waals surface area contributed by atoms with E-state index < -0.39 is 18.2 Å². The molecule has 0 aliphatic carbocycles. The lowest BCUT2D eigenvalue weighted by Gasteiger charge is -2.47. The average Bonchev–Trinajstić information content (AvgIpc) is 3.54. The first-order valence-electron chi connectivity index (χ1n) is 14.7. The first kappa shape index (κ1) is 30.3. The molecule has 45 heavy (non-hydrogen) atoms. The smallest absolute Gasteiger partial charge is 0.332 e. The van der Waals surface area contributed by atoms with Crippen molar-refractivity contribution in [2.45, 2.75) is 51.6 Å². The van der Waals surface area contributed by atoms with Crippen molar-refractivity contribution in [3.63, 3.8) is 0 Å². The van der Waals surface area contributed by atoms with Crippen LogP contribution >= 0.6 is 11.3 Å². The number of aromatic hydroxyl groups is 1. The lowest BCUT2D eigenvalue weighted by Crippen LogP contribution is -2.66. The number of urea groups is 1. The number of nitrogens with one attached hydrogen (secondary N) is 1. The summed E-state index contributed by atoms with van der Waals surface area (Å²) in [5, 5.41) is 16.4. The summed E-state index contributed by atoms with van der Waals surface area (Å²) in [6.07, 6.45) is -0.381.